The van der Waals surface area contributed by atoms with Gasteiger partial charge in [-0.1, -0.05) is 43.5 Å². The lowest BCUT2D eigenvalue weighted by atomic mass is 9.95. The first kappa shape index (κ1) is 19.1. The molecule has 156 valence electrons. The summed E-state index contributed by atoms with van der Waals surface area (Å²) in [6, 6.07) is 15.7. The van der Waals surface area contributed by atoms with Gasteiger partial charge in [-0.25, -0.2) is 9.37 Å². The number of nitrogens with one attached hydrogen (secondary N) is 1. The number of anilines is 3. The minimum Gasteiger partial charge on any atom is -0.367 e. The topological polar surface area (TPSA) is 44.3 Å². The molecule has 6 heteroatoms. The minimum absolute atomic E-state index is 0.160. The van der Waals surface area contributed by atoms with E-state index < -0.39 is 0 Å². The maximum Gasteiger partial charge on any atom is 0.228 e. The maximum atomic E-state index is 14.2. The van der Waals surface area contributed by atoms with E-state index in [1.165, 1.54) is 38.2 Å². The predicted molar refractivity (Wildman–Crippen MR) is 121 cm³/mol. The van der Waals surface area contributed by atoms with E-state index in [4.69, 9.17) is 9.97 Å². The molecule has 0 atom stereocenters. The molecular weight excluding hydrogens is 377 g/mol. The summed E-state index contributed by atoms with van der Waals surface area (Å²) in [5, 5.41) is 4.79. The average molecular weight is 406 g/mol. The molecule has 1 aromatic heterocycles. The Kier molecular flexibility index (Phi) is 5.39. The first-order valence-corrected chi connectivity index (χ1v) is 11.1. The van der Waals surface area contributed by atoms with E-state index in [9.17, 15) is 4.39 Å². The standard InChI is InChI=1S/C24H28FN5/c25-20-11-5-7-13-22(20)29-14-16-30(17-15-29)24-27-21-12-6-4-10-19(21)23(28-24)26-18-8-2-1-3-9-18/h4-7,10-13,18H,1-3,8-9,14-17H2,(H,26,27,28). The highest BCUT2D eigenvalue weighted by molar-refractivity contribution is 5.90. The fraction of sp³-hybridized carbons (Fsp3) is 0.417. The van der Waals surface area contributed by atoms with Gasteiger partial charge in [0.05, 0.1) is 11.2 Å². The third-order valence-corrected chi connectivity index (χ3v) is 6.29. The molecule has 2 aromatic carbocycles. The van der Waals surface area contributed by atoms with Gasteiger partial charge in [-0.15, -0.1) is 0 Å². The first-order valence-electron chi connectivity index (χ1n) is 11.1. The Balaban J connectivity index is 1.37. The summed E-state index contributed by atoms with van der Waals surface area (Å²) in [5.74, 6) is 1.55. The van der Waals surface area contributed by atoms with Crippen LogP contribution in [0.5, 0.6) is 0 Å². The minimum atomic E-state index is -0.160. The molecule has 2 fully saturated rings. The lowest BCUT2D eigenvalue weighted by molar-refractivity contribution is 0.462. The number of nitrogens with zero attached hydrogens (tertiary/aromatic N) is 4. The van der Waals surface area contributed by atoms with Crippen molar-refractivity contribution in [2.24, 2.45) is 0 Å². The molecule has 0 spiro atoms. The number of halogens is 1. The molecule has 1 saturated carbocycles. The number of fused-ring (bicyclic) bond motifs is 1. The van der Waals surface area contributed by atoms with Crippen molar-refractivity contribution in [3.8, 4) is 0 Å². The second kappa shape index (κ2) is 8.46. The second-order valence-electron chi connectivity index (χ2n) is 8.29. The number of hydrogen-bond donors (Lipinski definition) is 1. The first-order chi connectivity index (χ1) is 14.8. The molecule has 0 unspecified atom stereocenters. The van der Waals surface area contributed by atoms with Crippen LogP contribution in [0.1, 0.15) is 32.1 Å². The predicted octanol–water partition coefficient (Wildman–Crippen LogP) is 4.84. The maximum absolute atomic E-state index is 14.2. The number of hydrogen-bond acceptors (Lipinski definition) is 5. The molecule has 0 radical (unpaired) electrons. The molecule has 1 N–H and O–H groups in total. The van der Waals surface area contributed by atoms with Crippen molar-refractivity contribution >= 4 is 28.4 Å². The molecule has 1 aliphatic heterocycles. The Morgan fingerprint density at radius 2 is 1.50 bits per heavy atom. The Hall–Kier alpha value is -2.89. The number of benzene rings is 2. The van der Waals surface area contributed by atoms with Crippen molar-refractivity contribution in [3.63, 3.8) is 0 Å². The highest BCUT2D eigenvalue weighted by Gasteiger charge is 2.23. The Morgan fingerprint density at radius 1 is 0.800 bits per heavy atom. The number of para-hydroxylation sites is 2. The Bertz CT molecular complexity index is 1010. The van der Waals surface area contributed by atoms with Gasteiger partial charge in [0.1, 0.15) is 11.6 Å². The van der Waals surface area contributed by atoms with E-state index >= 15 is 0 Å². The molecule has 2 aliphatic rings. The van der Waals surface area contributed by atoms with Crippen molar-refractivity contribution in [2.75, 3.05) is 41.3 Å². The summed E-state index contributed by atoms with van der Waals surface area (Å²) >= 11 is 0. The highest BCUT2D eigenvalue weighted by atomic mass is 19.1. The fourth-order valence-electron chi connectivity index (χ4n) is 4.61. The van der Waals surface area contributed by atoms with Crippen molar-refractivity contribution < 1.29 is 4.39 Å². The van der Waals surface area contributed by atoms with Crippen molar-refractivity contribution in [2.45, 2.75) is 38.1 Å². The second-order valence-corrected chi connectivity index (χ2v) is 8.29. The summed E-state index contributed by atoms with van der Waals surface area (Å²) in [7, 11) is 0. The van der Waals surface area contributed by atoms with Gasteiger partial charge in [0, 0.05) is 37.6 Å². The molecule has 5 nitrogen and oxygen atoms in total. The van der Waals surface area contributed by atoms with Gasteiger partial charge in [0.2, 0.25) is 5.95 Å². The van der Waals surface area contributed by atoms with Crippen LogP contribution in [0.4, 0.5) is 21.8 Å². The number of rotatable bonds is 4. The van der Waals surface area contributed by atoms with E-state index in [1.54, 1.807) is 6.07 Å². The Labute approximate surface area is 176 Å². The molecular formula is C24H28FN5. The summed E-state index contributed by atoms with van der Waals surface area (Å²) in [5.41, 5.74) is 1.65. The normalized spacial score (nSPS) is 18.0. The molecule has 5 rings (SSSR count). The van der Waals surface area contributed by atoms with Gasteiger partial charge in [-0.05, 0) is 37.1 Å². The van der Waals surface area contributed by atoms with E-state index in [0.29, 0.717) is 11.7 Å². The zero-order valence-corrected chi connectivity index (χ0v) is 17.2. The van der Waals surface area contributed by atoms with Crippen LogP contribution < -0.4 is 15.1 Å². The molecule has 0 amide bonds. The zero-order valence-electron chi connectivity index (χ0n) is 17.2. The quantitative estimate of drug-likeness (QED) is 0.673. The molecule has 3 aromatic rings. The third kappa shape index (κ3) is 3.91. The van der Waals surface area contributed by atoms with Gasteiger partial charge in [0.15, 0.2) is 0 Å². The lowest BCUT2D eigenvalue weighted by Crippen LogP contribution is -2.47. The monoisotopic (exact) mass is 405 g/mol. The van der Waals surface area contributed by atoms with Crippen LogP contribution in [0, 0.1) is 5.82 Å². The van der Waals surface area contributed by atoms with Crippen LogP contribution >= 0.6 is 0 Å². The summed E-state index contributed by atoms with van der Waals surface area (Å²) in [4.78, 5) is 14.1. The van der Waals surface area contributed by atoms with Crippen molar-refractivity contribution in [1.29, 1.82) is 0 Å². The van der Waals surface area contributed by atoms with E-state index in [1.807, 2.05) is 24.3 Å². The van der Waals surface area contributed by atoms with Gasteiger partial charge in [0.25, 0.3) is 0 Å². The SMILES string of the molecule is Fc1ccccc1N1CCN(c2nc(NC3CCCCC3)c3ccccc3n2)CC1. The third-order valence-electron chi connectivity index (χ3n) is 6.29. The largest absolute Gasteiger partial charge is 0.367 e. The molecule has 1 aliphatic carbocycles. The van der Waals surface area contributed by atoms with E-state index in [0.717, 1.165) is 48.8 Å². The van der Waals surface area contributed by atoms with Gasteiger partial charge in [-0.2, -0.15) is 4.98 Å². The molecule has 1 saturated heterocycles. The van der Waals surface area contributed by atoms with Crippen molar-refractivity contribution in [3.05, 3.63) is 54.3 Å². The number of piperazine rings is 1. The highest BCUT2D eigenvalue weighted by Crippen LogP contribution is 2.28. The summed E-state index contributed by atoms with van der Waals surface area (Å²) in [6.07, 6.45) is 6.31. The van der Waals surface area contributed by atoms with Crippen molar-refractivity contribution in [1.82, 2.24) is 9.97 Å². The average Bonchev–Trinajstić information content (AvgIpc) is 2.80. The van der Waals surface area contributed by atoms with Crippen LogP contribution in [-0.2, 0) is 0 Å². The van der Waals surface area contributed by atoms with E-state index in [2.05, 4.69) is 27.2 Å². The molecule has 0 bridgehead atoms. The van der Waals surface area contributed by atoms with Crippen LogP contribution in [-0.4, -0.2) is 42.2 Å². The van der Waals surface area contributed by atoms with Crippen LogP contribution in [0.25, 0.3) is 10.9 Å². The van der Waals surface area contributed by atoms with Crippen LogP contribution in [0.3, 0.4) is 0 Å². The summed E-state index contributed by atoms with van der Waals surface area (Å²) in [6.45, 7) is 3.05. The zero-order chi connectivity index (χ0) is 20.3. The Morgan fingerprint density at radius 3 is 2.30 bits per heavy atom. The van der Waals surface area contributed by atoms with Crippen LogP contribution in [0.2, 0.25) is 0 Å². The molecule has 30 heavy (non-hydrogen) atoms. The van der Waals surface area contributed by atoms with Gasteiger partial charge in [-0.3, -0.25) is 0 Å². The van der Waals surface area contributed by atoms with Gasteiger partial charge < -0.3 is 15.1 Å². The van der Waals surface area contributed by atoms with Crippen LogP contribution in [0.15, 0.2) is 48.5 Å². The molecule has 2 heterocycles. The number of aromatic nitrogens is 2. The summed E-state index contributed by atoms with van der Waals surface area (Å²) < 4.78 is 14.2. The fourth-order valence-corrected chi connectivity index (χ4v) is 4.61. The lowest BCUT2D eigenvalue weighted by Gasteiger charge is -2.36. The smallest absolute Gasteiger partial charge is 0.228 e. The van der Waals surface area contributed by atoms with Gasteiger partial charge >= 0.3 is 0 Å². The van der Waals surface area contributed by atoms with E-state index in [-0.39, 0.29) is 5.82 Å².